The van der Waals surface area contributed by atoms with Gasteiger partial charge in [0.05, 0.1) is 16.7 Å². The fraction of sp³-hybridized carbons (Fsp3) is 0.273. The second-order valence-corrected chi connectivity index (χ2v) is 8.50. The van der Waals surface area contributed by atoms with Gasteiger partial charge in [-0.2, -0.15) is 0 Å². The number of aromatic nitrogens is 3. The molecule has 0 spiro atoms. The molecule has 0 aliphatic heterocycles. The maximum absolute atomic E-state index is 12.7. The molecule has 0 bridgehead atoms. The van der Waals surface area contributed by atoms with Crippen molar-refractivity contribution in [3.63, 3.8) is 0 Å². The zero-order valence-electron chi connectivity index (χ0n) is 18.1. The van der Waals surface area contributed by atoms with Crippen LogP contribution in [0.4, 0.5) is 5.69 Å². The summed E-state index contributed by atoms with van der Waals surface area (Å²) in [5.41, 5.74) is 1.03. The van der Waals surface area contributed by atoms with E-state index < -0.39 is 16.9 Å². The molecule has 2 amide bonds. The maximum Gasteiger partial charge on any atom is 0.270 e. The third-order valence-corrected chi connectivity index (χ3v) is 5.56. The van der Waals surface area contributed by atoms with Crippen molar-refractivity contribution in [2.24, 2.45) is 5.92 Å². The Balaban J connectivity index is 1.58. The van der Waals surface area contributed by atoms with Crippen LogP contribution < -0.4 is 10.6 Å². The van der Waals surface area contributed by atoms with Crippen LogP contribution in [0.25, 0.3) is 0 Å². The Bertz CT molecular complexity index is 1120. The van der Waals surface area contributed by atoms with Gasteiger partial charge in [-0.25, -0.2) is 4.98 Å². The van der Waals surface area contributed by atoms with Crippen LogP contribution >= 0.6 is 11.8 Å². The van der Waals surface area contributed by atoms with Crippen LogP contribution in [0.1, 0.15) is 41.6 Å². The van der Waals surface area contributed by atoms with Crippen LogP contribution in [-0.4, -0.2) is 37.7 Å². The highest BCUT2D eigenvalue weighted by Gasteiger charge is 2.24. The Kier molecular flexibility index (Phi) is 8.14. The molecule has 10 nitrogen and oxygen atoms in total. The van der Waals surface area contributed by atoms with Gasteiger partial charge in [0.15, 0.2) is 0 Å². The van der Waals surface area contributed by atoms with Crippen molar-refractivity contribution in [1.29, 1.82) is 0 Å². The summed E-state index contributed by atoms with van der Waals surface area (Å²) in [6.45, 7) is 4.26. The van der Waals surface area contributed by atoms with Gasteiger partial charge in [-0.1, -0.05) is 62.0 Å². The number of carbonyl (C=O) groups is 2. The molecule has 3 N–H and O–H groups in total. The van der Waals surface area contributed by atoms with E-state index in [9.17, 15) is 19.7 Å². The molecule has 11 heteroatoms. The van der Waals surface area contributed by atoms with E-state index in [4.69, 9.17) is 0 Å². The molecule has 1 aromatic heterocycles. The summed E-state index contributed by atoms with van der Waals surface area (Å²) in [4.78, 5) is 39.6. The third-order valence-electron chi connectivity index (χ3n) is 4.71. The largest absolute Gasteiger partial charge is 0.351 e. The molecule has 0 saturated heterocycles. The monoisotopic (exact) mass is 468 g/mol. The summed E-state index contributed by atoms with van der Waals surface area (Å²) in [5, 5.41) is 24.0. The number of hydrogen-bond acceptors (Lipinski definition) is 7. The van der Waals surface area contributed by atoms with Crippen LogP contribution in [0.15, 0.2) is 59.8 Å². The van der Waals surface area contributed by atoms with E-state index in [1.165, 1.54) is 36.0 Å². The van der Waals surface area contributed by atoms with Crippen molar-refractivity contribution >= 4 is 29.3 Å². The molecule has 0 radical (unpaired) electrons. The predicted molar refractivity (Wildman–Crippen MR) is 124 cm³/mol. The van der Waals surface area contributed by atoms with Crippen molar-refractivity contribution in [1.82, 2.24) is 25.8 Å². The Labute approximate surface area is 194 Å². The average molecular weight is 469 g/mol. The van der Waals surface area contributed by atoms with Gasteiger partial charge in [0.1, 0.15) is 5.82 Å². The fourth-order valence-corrected chi connectivity index (χ4v) is 3.61. The van der Waals surface area contributed by atoms with Gasteiger partial charge < -0.3 is 10.6 Å². The topological polar surface area (TPSA) is 143 Å². The highest BCUT2D eigenvalue weighted by Crippen LogP contribution is 2.22. The summed E-state index contributed by atoms with van der Waals surface area (Å²) in [5.74, 6) is -0.0438. The number of non-ortho nitro benzene ring substituents is 1. The first-order valence-electron chi connectivity index (χ1n) is 10.2. The van der Waals surface area contributed by atoms with Gasteiger partial charge in [-0.05, 0) is 17.5 Å². The van der Waals surface area contributed by atoms with Crippen molar-refractivity contribution in [2.75, 3.05) is 5.75 Å². The number of benzene rings is 2. The van der Waals surface area contributed by atoms with E-state index in [2.05, 4.69) is 25.8 Å². The van der Waals surface area contributed by atoms with Crippen LogP contribution in [0.5, 0.6) is 0 Å². The maximum atomic E-state index is 12.7. The molecular weight excluding hydrogens is 444 g/mol. The summed E-state index contributed by atoms with van der Waals surface area (Å²) in [6.07, 6.45) is 0. The molecule has 1 atom stereocenters. The molecule has 0 unspecified atom stereocenters. The van der Waals surface area contributed by atoms with Crippen molar-refractivity contribution in [3.8, 4) is 0 Å². The Morgan fingerprint density at radius 2 is 1.91 bits per heavy atom. The zero-order valence-corrected chi connectivity index (χ0v) is 19.0. The molecule has 0 saturated carbocycles. The molecule has 2 aromatic carbocycles. The van der Waals surface area contributed by atoms with Crippen LogP contribution in [-0.2, 0) is 11.3 Å². The molecule has 0 aliphatic rings. The van der Waals surface area contributed by atoms with Gasteiger partial charge in [-0.15, -0.1) is 5.10 Å². The number of nitro benzene ring substituents is 1. The second kappa shape index (κ2) is 11.2. The van der Waals surface area contributed by atoms with E-state index in [0.29, 0.717) is 17.5 Å². The molecule has 1 heterocycles. The lowest BCUT2D eigenvalue weighted by Gasteiger charge is -2.19. The SMILES string of the molecule is CC(C)[C@H](NC(=O)c1cccc([N+](=O)[O-])c1)c1nc(SCC(=O)NCc2ccccc2)n[nH]1. The highest BCUT2D eigenvalue weighted by atomic mass is 32.2. The summed E-state index contributed by atoms with van der Waals surface area (Å²) in [7, 11) is 0. The minimum absolute atomic E-state index is 0.0346. The van der Waals surface area contributed by atoms with E-state index in [-0.39, 0.29) is 28.8 Å². The average Bonchev–Trinajstić information content (AvgIpc) is 3.28. The Morgan fingerprint density at radius 3 is 2.61 bits per heavy atom. The Morgan fingerprint density at radius 1 is 1.15 bits per heavy atom. The van der Waals surface area contributed by atoms with Crippen LogP contribution in [0.2, 0.25) is 0 Å². The van der Waals surface area contributed by atoms with E-state index in [1.54, 1.807) is 0 Å². The zero-order chi connectivity index (χ0) is 23.8. The first-order valence-corrected chi connectivity index (χ1v) is 11.2. The number of hydrogen-bond donors (Lipinski definition) is 3. The van der Waals surface area contributed by atoms with Gasteiger partial charge in [0.2, 0.25) is 11.1 Å². The van der Waals surface area contributed by atoms with E-state index in [1.807, 2.05) is 44.2 Å². The van der Waals surface area contributed by atoms with Crippen molar-refractivity contribution in [3.05, 3.63) is 81.7 Å². The minimum Gasteiger partial charge on any atom is -0.351 e. The number of nitrogens with one attached hydrogen (secondary N) is 3. The second-order valence-electron chi connectivity index (χ2n) is 7.56. The number of nitro groups is 1. The van der Waals surface area contributed by atoms with Crippen LogP contribution in [0.3, 0.4) is 0 Å². The molecule has 33 heavy (non-hydrogen) atoms. The summed E-state index contributed by atoms with van der Waals surface area (Å²) >= 11 is 1.18. The van der Waals surface area contributed by atoms with Gasteiger partial charge in [0.25, 0.3) is 11.6 Å². The lowest BCUT2D eigenvalue weighted by atomic mass is 10.0. The van der Waals surface area contributed by atoms with E-state index in [0.717, 1.165) is 5.56 Å². The first kappa shape index (κ1) is 23.9. The summed E-state index contributed by atoms with van der Waals surface area (Å²) in [6, 6.07) is 14.6. The van der Waals surface area contributed by atoms with Gasteiger partial charge >= 0.3 is 0 Å². The highest BCUT2D eigenvalue weighted by molar-refractivity contribution is 7.99. The molecule has 0 aliphatic carbocycles. The predicted octanol–water partition coefficient (Wildman–Crippen LogP) is 3.25. The number of rotatable bonds is 10. The molecule has 3 rings (SSSR count). The van der Waals surface area contributed by atoms with Crippen molar-refractivity contribution < 1.29 is 14.5 Å². The molecule has 172 valence electrons. The van der Waals surface area contributed by atoms with Crippen LogP contribution in [0, 0.1) is 16.0 Å². The summed E-state index contributed by atoms with van der Waals surface area (Å²) < 4.78 is 0. The quantitative estimate of drug-likeness (QED) is 0.235. The lowest BCUT2D eigenvalue weighted by Crippen LogP contribution is -2.32. The number of H-pyrrole nitrogens is 1. The number of aromatic amines is 1. The van der Waals surface area contributed by atoms with Gasteiger partial charge in [-0.3, -0.25) is 24.8 Å². The normalized spacial score (nSPS) is 11.7. The molecule has 3 aromatic rings. The van der Waals surface area contributed by atoms with Crippen molar-refractivity contribution in [2.45, 2.75) is 31.6 Å². The number of amides is 2. The molecular formula is C22H24N6O4S. The lowest BCUT2D eigenvalue weighted by molar-refractivity contribution is -0.384. The fourth-order valence-electron chi connectivity index (χ4n) is 2.98. The molecule has 0 fully saturated rings. The minimum atomic E-state index is -0.549. The third kappa shape index (κ3) is 6.88. The number of thioether (sulfide) groups is 1. The standard InChI is InChI=1S/C22H24N6O4S/c1-14(2)19(24-21(30)16-9-6-10-17(11-16)28(31)32)20-25-22(27-26-20)33-13-18(29)23-12-15-7-4-3-5-8-15/h3-11,14,19H,12-13H2,1-2H3,(H,23,29)(H,24,30)(H,25,26,27)/t19-/m0/s1. The van der Waals surface area contributed by atoms with Gasteiger partial charge in [0, 0.05) is 24.2 Å². The van der Waals surface area contributed by atoms with E-state index >= 15 is 0 Å². The number of carbonyl (C=O) groups excluding carboxylic acids is 2. The first-order chi connectivity index (χ1) is 15.8. The Hall–Kier alpha value is -3.73. The smallest absolute Gasteiger partial charge is 0.270 e. The number of nitrogens with zero attached hydrogens (tertiary/aromatic N) is 3.